The van der Waals surface area contributed by atoms with E-state index in [1.807, 2.05) is 6.92 Å². The first-order chi connectivity index (χ1) is 10.2. The maximum atomic E-state index is 10.9. The molecule has 2 N–H and O–H groups in total. The van der Waals surface area contributed by atoms with Gasteiger partial charge in [-0.2, -0.15) is 0 Å². The Morgan fingerprint density at radius 1 is 1.29 bits per heavy atom. The van der Waals surface area contributed by atoms with Crippen molar-refractivity contribution in [1.82, 2.24) is 9.88 Å². The van der Waals surface area contributed by atoms with Crippen LogP contribution in [0.4, 0.5) is 17.3 Å². The zero-order chi connectivity index (χ0) is 15.1. The Morgan fingerprint density at radius 2 is 1.95 bits per heavy atom. The summed E-state index contributed by atoms with van der Waals surface area (Å²) in [5.41, 5.74) is 0.0583. The number of nitrogens with one attached hydrogen (secondary N) is 2. The highest BCUT2D eigenvalue weighted by Crippen LogP contribution is 2.20. The fourth-order valence-corrected chi connectivity index (χ4v) is 2.51. The topological polar surface area (TPSA) is 83.3 Å². The number of rotatable bonds is 8. The van der Waals surface area contributed by atoms with E-state index < -0.39 is 4.92 Å². The fourth-order valence-electron chi connectivity index (χ4n) is 2.51. The molecule has 0 atom stereocenters. The van der Waals surface area contributed by atoms with Crippen molar-refractivity contribution >= 4 is 17.3 Å². The van der Waals surface area contributed by atoms with E-state index >= 15 is 0 Å². The summed E-state index contributed by atoms with van der Waals surface area (Å²) in [4.78, 5) is 17.3. The SMILES string of the molecule is CCNc1cc([N+](=O)[O-])cc(NCCCN2CCCC2)n1. The van der Waals surface area contributed by atoms with Gasteiger partial charge in [0.25, 0.3) is 5.69 Å². The molecule has 0 spiro atoms. The van der Waals surface area contributed by atoms with Gasteiger partial charge in [0.05, 0.1) is 17.1 Å². The maximum Gasteiger partial charge on any atom is 0.276 e. The van der Waals surface area contributed by atoms with E-state index in [1.165, 1.54) is 38.1 Å². The lowest BCUT2D eigenvalue weighted by Crippen LogP contribution is -2.22. The number of hydrogen-bond acceptors (Lipinski definition) is 6. The van der Waals surface area contributed by atoms with E-state index in [-0.39, 0.29) is 5.69 Å². The van der Waals surface area contributed by atoms with Crippen LogP contribution in [-0.2, 0) is 0 Å². The predicted octanol–water partition coefficient (Wildman–Crippen LogP) is 2.32. The number of nitro groups is 1. The molecule has 1 aliphatic heterocycles. The van der Waals surface area contributed by atoms with Crippen LogP contribution in [0.15, 0.2) is 12.1 Å². The molecule has 1 fully saturated rings. The van der Waals surface area contributed by atoms with E-state index in [1.54, 1.807) is 0 Å². The summed E-state index contributed by atoms with van der Waals surface area (Å²) in [6.45, 7) is 6.85. The lowest BCUT2D eigenvalue weighted by Gasteiger charge is -2.14. The van der Waals surface area contributed by atoms with Crippen molar-refractivity contribution in [1.29, 1.82) is 0 Å². The second-order valence-electron chi connectivity index (χ2n) is 5.21. The molecule has 116 valence electrons. The zero-order valence-electron chi connectivity index (χ0n) is 12.5. The van der Waals surface area contributed by atoms with Gasteiger partial charge in [0, 0.05) is 13.1 Å². The Balaban J connectivity index is 1.86. The van der Waals surface area contributed by atoms with Crippen LogP contribution in [0.3, 0.4) is 0 Å². The first-order valence-electron chi connectivity index (χ1n) is 7.55. The number of anilines is 2. The number of likely N-dealkylation sites (tertiary alicyclic amines) is 1. The summed E-state index contributed by atoms with van der Waals surface area (Å²) in [6, 6.07) is 2.94. The summed E-state index contributed by atoms with van der Waals surface area (Å²) in [5, 5.41) is 17.1. The van der Waals surface area contributed by atoms with E-state index in [9.17, 15) is 10.1 Å². The highest BCUT2D eigenvalue weighted by molar-refractivity contribution is 5.54. The number of aromatic nitrogens is 1. The average molecular weight is 293 g/mol. The van der Waals surface area contributed by atoms with Gasteiger partial charge in [-0.25, -0.2) is 4.98 Å². The van der Waals surface area contributed by atoms with Crippen molar-refractivity contribution in [2.75, 3.05) is 43.4 Å². The highest BCUT2D eigenvalue weighted by atomic mass is 16.6. The Hall–Kier alpha value is -1.89. The first kappa shape index (κ1) is 15.5. The van der Waals surface area contributed by atoms with Crippen LogP contribution in [0.1, 0.15) is 26.2 Å². The maximum absolute atomic E-state index is 10.9. The molecular formula is C14H23N5O2. The Bertz CT molecular complexity index is 474. The van der Waals surface area contributed by atoms with Crippen molar-refractivity contribution in [2.45, 2.75) is 26.2 Å². The molecule has 2 rings (SSSR count). The number of hydrogen-bond donors (Lipinski definition) is 2. The Morgan fingerprint density at radius 3 is 2.57 bits per heavy atom. The van der Waals surface area contributed by atoms with Crippen molar-refractivity contribution in [3.8, 4) is 0 Å². The Labute approximate surface area is 124 Å². The molecule has 1 aromatic heterocycles. The number of nitrogens with zero attached hydrogens (tertiary/aromatic N) is 3. The van der Waals surface area contributed by atoms with Crippen molar-refractivity contribution in [3.05, 3.63) is 22.2 Å². The molecule has 0 unspecified atom stereocenters. The van der Waals surface area contributed by atoms with Gasteiger partial charge in [0.2, 0.25) is 0 Å². The zero-order valence-corrected chi connectivity index (χ0v) is 12.5. The molecule has 2 heterocycles. The van der Waals surface area contributed by atoms with E-state index in [0.29, 0.717) is 18.2 Å². The minimum atomic E-state index is -0.391. The third-order valence-corrected chi connectivity index (χ3v) is 3.53. The number of pyridine rings is 1. The molecular weight excluding hydrogens is 270 g/mol. The summed E-state index contributed by atoms with van der Waals surface area (Å²) < 4.78 is 0. The third kappa shape index (κ3) is 4.86. The molecule has 0 aromatic carbocycles. The van der Waals surface area contributed by atoms with Gasteiger partial charge in [-0.05, 0) is 45.8 Å². The standard InChI is InChI=1S/C14H23N5O2/c1-2-15-13-10-12(19(20)21)11-14(17-13)16-6-5-9-18-7-3-4-8-18/h10-11H,2-9H2,1H3,(H2,15,16,17). The van der Waals surface area contributed by atoms with Gasteiger partial charge in [-0.15, -0.1) is 0 Å². The van der Waals surface area contributed by atoms with Gasteiger partial charge in [-0.1, -0.05) is 0 Å². The van der Waals surface area contributed by atoms with Gasteiger partial charge in [0.15, 0.2) is 0 Å². The van der Waals surface area contributed by atoms with Crippen LogP contribution < -0.4 is 10.6 Å². The highest BCUT2D eigenvalue weighted by Gasteiger charge is 2.12. The summed E-state index contributed by atoms with van der Waals surface area (Å²) in [5.74, 6) is 1.09. The van der Waals surface area contributed by atoms with Crippen LogP contribution >= 0.6 is 0 Å². The van der Waals surface area contributed by atoms with Crippen LogP contribution in [-0.4, -0.2) is 47.5 Å². The van der Waals surface area contributed by atoms with Crippen LogP contribution in [0.2, 0.25) is 0 Å². The van der Waals surface area contributed by atoms with E-state index in [2.05, 4.69) is 20.5 Å². The molecule has 0 saturated carbocycles. The minimum absolute atomic E-state index is 0.0583. The van der Waals surface area contributed by atoms with Gasteiger partial charge in [0.1, 0.15) is 11.6 Å². The monoisotopic (exact) mass is 293 g/mol. The second-order valence-corrected chi connectivity index (χ2v) is 5.21. The first-order valence-corrected chi connectivity index (χ1v) is 7.55. The molecule has 7 nitrogen and oxygen atoms in total. The molecule has 0 bridgehead atoms. The summed E-state index contributed by atoms with van der Waals surface area (Å²) >= 11 is 0. The van der Waals surface area contributed by atoms with E-state index in [4.69, 9.17) is 0 Å². The molecule has 7 heteroatoms. The molecule has 1 aliphatic rings. The molecule has 1 saturated heterocycles. The van der Waals surface area contributed by atoms with Crippen LogP contribution in [0.25, 0.3) is 0 Å². The second kappa shape index (κ2) is 7.78. The largest absolute Gasteiger partial charge is 0.370 e. The molecule has 21 heavy (non-hydrogen) atoms. The Kier molecular flexibility index (Phi) is 5.74. The lowest BCUT2D eigenvalue weighted by atomic mass is 10.3. The van der Waals surface area contributed by atoms with Gasteiger partial charge >= 0.3 is 0 Å². The van der Waals surface area contributed by atoms with Gasteiger partial charge in [-0.3, -0.25) is 10.1 Å². The van der Waals surface area contributed by atoms with Crippen molar-refractivity contribution in [3.63, 3.8) is 0 Å². The minimum Gasteiger partial charge on any atom is -0.370 e. The van der Waals surface area contributed by atoms with Crippen molar-refractivity contribution in [2.24, 2.45) is 0 Å². The van der Waals surface area contributed by atoms with Crippen molar-refractivity contribution < 1.29 is 4.92 Å². The summed E-state index contributed by atoms with van der Waals surface area (Å²) in [6.07, 6.45) is 3.61. The quantitative estimate of drug-likeness (QED) is 0.435. The van der Waals surface area contributed by atoms with Crippen LogP contribution in [0.5, 0.6) is 0 Å². The molecule has 0 aliphatic carbocycles. The fraction of sp³-hybridized carbons (Fsp3) is 0.643. The average Bonchev–Trinajstić information content (AvgIpc) is 2.97. The van der Waals surface area contributed by atoms with Crippen LogP contribution in [0, 0.1) is 10.1 Å². The predicted molar refractivity (Wildman–Crippen MR) is 83.8 cm³/mol. The molecule has 1 aromatic rings. The lowest BCUT2D eigenvalue weighted by molar-refractivity contribution is -0.384. The van der Waals surface area contributed by atoms with E-state index in [0.717, 1.165) is 19.5 Å². The van der Waals surface area contributed by atoms with Gasteiger partial charge < -0.3 is 15.5 Å². The smallest absolute Gasteiger partial charge is 0.276 e. The summed E-state index contributed by atoms with van der Waals surface area (Å²) in [7, 11) is 0. The molecule has 0 radical (unpaired) electrons. The third-order valence-electron chi connectivity index (χ3n) is 3.53. The molecule has 0 amide bonds. The normalized spacial score (nSPS) is 15.1.